The van der Waals surface area contributed by atoms with E-state index < -0.39 is 21.3 Å². The molecule has 0 aliphatic heterocycles. The molecule has 0 radical (unpaired) electrons. The van der Waals surface area contributed by atoms with Gasteiger partial charge in [0.2, 0.25) is 0 Å². The maximum Gasteiger partial charge on any atom is -1.00 e. The minimum Gasteiger partial charge on any atom is -1.00 e. The van der Waals surface area contributed by atoms with E-state index in [1.54, 1.807) is 6.49 Å². The third-order valence-electron chi connectivity index (χ3n) is 6.20. The van der Waals surface area contributed by atoms with Crippen LogP contribution in [-0.4, -0.2) is 3.21 Å². The smallest absolute Gasteiger partial charge is 1.00 e. The van der Waals surface area contributed by atoms with Crippen LogP contribution in [0.5, 0.6) is 0 Å². The van der Waals surface area contributed by atoms with Crippen molar-refractivity contribution in [3.8, 4) is 0 Å². The van der Waals surface area contributed by atoms with Crippen LogP contribution in [0.15, 0.2) is 112 Å². The molecule has 0 spiro atoms. The molecule has 0 amide bonds. The van der Waals surface area contributed by atoms with Crippen LogP contribution >= 0.6 is 0 Å². The van der Waals surface area contributed by atoms with Gasteiger partial charge in [0.1, 0.15) is 0 Å². The average Bonchev–Trinajstić information content (AvgIpc) is 3.46. The van der Waals surface area contributed by atoms with E-state index in [4.69, 9.17) is 0 Å². The van der Waals surface area contributed by atoms with Crippen LogP contribution in [0.25, 0.3) is 6.08 Å². The van der Waals surface area contributed by atoms with Crippen molar-refractivity contribution in [3.05, 3.63) is 134 Å². The van der Waals surface area contributed by atoms with Gasteiger partial charge in [0.15, 0.2) is 0 Å². The van der Waals surface area contributed by atoms with E-state index in [2.05, 4.69) is 116 Å². The standard InChI is InChI=1S/C13H10.C9H7.C7H9.2ClH.Zr/c1-3-7-12(8-4-1)11-13-9-5-2-6-10-13;1-2-5-9-7-3-6-8(9)4-1;1-2-7-5-3-4-6-7;;;/h1-10H;1-7H;5-6H,2-3H2,1H3;2*1H;/q;;;;;+2/p-2. The molecule has 0 fully saturated rings. The van der Waals surface area contributed by atoms with Crippen LogP contribution < -0.4 is 24.8 Å². The van der Waals surface area contributed by atoms with Gasteiger partial charge in [0.25, 0.3) is 0 Å². The Morgan fingerprint density at radius 2 is 1.41 bits per heavy atom. The van der Waals surface area contributed by atoms with Gasteiger partial charge in [-0.2, -0.15) is 0 Å². The van der Waals surface area contributed by atoms with Crippen molar-refractivity contribution in [1.29, 1.82) is 0 Å². The molecule has 3 aromatic rings. The Hall–Kier alpha value is -1.79. The first-order chi connectivity index (χ1) is 14.8. The molecular weight excluding hydrogens is 510 g/mol. The first-order valence-corrected chi connectivity index (χ1v) is 14.7. The molecule has 2 aliphatic carbocycles. The zero-order chi connectivity index (χ0) is 20.3. The second-order valence-electron chi connectivity index (χ2n) is 7.99. The van der Waals surface area contributed by atoms with Gasteiger partial charge in [0.05, 0.1) is 0 Å². The average molecular weight is 537 g/mol. The van der Waals surface area contributed by atoms with Crippen molar-refractivity contribution in [2.24, 2.45) is 0 Å². The zero-order valence-corrected chi connectivity index (χ0v) is 22.1. The number of hydrogen-bond donors (Lipinski definition) is 0. The van der Waals surface area contributed by atoms with Crippen LogP contribution in [0, 0.1) is 0 Å². The summed E-state index contributed by atoms with van der Waals surface area (Å²) < 4.78 is 3.90. The summed E-state index contributed by atoms with van der Waals surface area (Å²) in [7, 11) is 0. The van der Waals surface area contributed by atoms with Gasteiger partial charge in [-0.1, -0.05) is 0 Å². The topological polar surface area (TPSA) is 0 Å². The quantitative estimate of drug-likeness (QED) is 0.461. The second-order valence-corrected chi connectivity index (χ2v) is 14.4. The molecule has 3 heteroatoms. The number of benzene rings is 3. The summed E-state index contributed by atoms with van der Waals surface area (Å²) in [6, 6.07) is 31.3. The van der Waals surface area contributed by atoms with Gasteiger partial charge in [-0.3, -0.25) is 0 Å². The molecule has 0 saturated heterocycles. The summed E-state index contributed by atoms with van der Waals surface area (Å²) in [5.74, 6) is 0. The summed E-state index contributed by atoms with van der Waals surface area (Å²) in [5, 5.41) is 0. The van der Waals surface area contributed by atoms with E-state index in [9.17, 15) is 0 Å². The molecular formula is C29H26Cl2Zr. The van der Waals surface area contributed by atoms with E-state index in [0.29, 0.717) is 3.63 Å². The van der Waals surface area contributed by atoms with E-state index in [0.717, 1.165) is 12.8 Å². The molecule has 1 atom stereocenters. The summed E-state index contributed by atoms with van der Waals surface area (Å²) in [6.45, 7) is 2.28. The van der Waals surface area contributed by atoms with Crippen LogP contribution in [0.3, 0.4) is 0 Å². The summed E-state index contributed by atoms with van der Waals surface area (Å²) >= 11 is -2.34. The van der Waals surface area contributed by atoms with Crippen LogP contribution in [0.4, 0.5) is 0 Å². The number of allylic oxidation sites excluding steroid dienone is 5. The molecule has 0 N–H and O–H groups in total. The maximum atomic E-state index is 2.55. The molecule has 2 aliphatic rings. The second kappa shape index (κ2) is 11.4. The van der Waals surface area contributed by atoms with Gasteiger partial charge >= 0.3 is 188 Å². The minimum atomic E-state index is -2.34. The fourth-order valence-corrected chi connectivity index (χ4v) is 13.4. The number of halogens is 2. The molecule has 160 valence electrons. The monoisotopic (exact) mass is 534 g/mol. The van der Waals surface area contributed by atoms with Crippen LogP contribution in [-0.2, 0) is 21.3 Å². The van der Waals surface area contributed by atoms with Crippen molar-refractivity contribution in [1.82, 2.24) is 0 Å². The van der Waals surface area contributed by atoms with Crippen molar-refractivity contribution < 1.29 is 46.1 Å². The molecule has 0 nitrogen and oxygen atoms in total. The molecule has 5 rings (SSSR count). The number of hydrogen-bond acceptors (Lipinski definition) is 0. The van der Waals surface area contributed by atoms with Crippen molar-refractivity contribution in [3.63, 3.8) is 0 Å². The first kappa shape index (κ1) is 24.8. The van der Waals surface area contributed by atoms with E-state index in [-0.39, 0.29) is 24.8 Å². The number of fused-ring (bicyclic) bond motifs is 1. The predicted molar refractivity (Wildman–Crippen MR) is 125 cm³/mol. The van der Waals surface area contributed by atoms with Crippen molar-refractivity contribution in [2.45, 2.75) is 23.4 Å². The largest absolute Gasteiger partial charge is 1.00 e. The Labute approximate surface area is 211 Å². The van der Waals surface area contributed by atoms with E-state index >= 15 is 0 Å². The van der Waals surface area contributed by atoms with E-state index in [1.165, 1.54) is 27.8 Å². The fourth-order valence-electron chi connectivity index (χ4n) is 4.72. The third kappa shape index (κ3) is 4.91. The minimum absolute atomic E-state index is 0. The summed E-state index contributed by atoms with van der Waals surface area (Å²) in [4.78, 5) is 0. The number of rotatable bonds is 5. The maximum absolute atomic E-state index is 2.55. The molecule has 3 aromatic carbocycles. The summed E-state index contributed by atoms with van der Waals surface area (Å²) in [5.41, 5.74) is 7.26. The zero-order valence-electron chi connectivity index (χ0n) is 18.1. The molecule has 0 bridgehead atoms. The van der Waals surface area contributed by atoms with Gasteiger partial charge < -0.3 is 24.8 Å². The third-order valence-corrected chi connectivity index (χ3v) is 14.3. The Bertz CT molecular complexity index is 1150. The van der Waals surface area contributed by atoms with Crippen LogP contribution in [0.1, 0.15) is 45.6 Å². The first-order valence-electron chi connectivity index (χ1n) is 10.9. The fraction of sp³-hybridized carbons (Fsp3) is 0.138. The Balaban J connectivity index is 0.00000144. The molecule has 1 unspecified atom stereocenters. The van der Waals surface area contributed by atoms with Gasteiger partial charge in [-0.25, -0.2) is 0 Å². The van der Waals surface area contributed by atoms with Crippen LogP contribution in [0.2, 0.25) is 0 Å². The van der Waals surface area contributed by atoms with Crippen molar-refractivity contribution in [2.75, 3.05) is 0 Å². The molecule has 0 heterocycles. The summed E-state index contributed by atoms with van der Waals surface area (Å²) in [6.07, 6.45) is 12.1. The van der Waals surface area contributed by atoms with Gasteiger partial charge in [-0.05, 0) is 0 Å². The van der Waals surface area contributed by atoms with E-state index in [1.807, 2.05) is 0 Å². The SMILES string of the molecule is CCC1=CC[C]([Zr+2](=[C](c2ccccc2)c2ccccc2)[CH]2C=Cc3ccccc32)=C1.[Cl-].[Cl-]. The molecule has 0 saturated carbocycles. The Kier molecular flexibility index (Phi) is 8.83. The Morgan fingerprint density at radius 1 is 0.812 bits per heavy atom. The normalized spacial score (nSPS) is 15.4. The van der Waals surface area contributed by atoms with Gasteiger partial charge in [-0.15, -0.1) is 0 Å². The van der Waals surface area contributed by atoms with Crippen molar-refractivity contribution >= 4 is 9.28 Å². The molecule has 32 heavy (non-hydrogen) atoms. The predicted octanol–water partition coefficient (Wildman–Crippen LogP) is 1.27. The van der Waals surface area contributed by atoms with Gasteiger partial charge in [0, 0.05) is 0 Å². The molecule has 0 aromatic heterocycles. The Morgan fingerprint density at radius 3 is 2.00 bits per heavy atom.